The molecule has 2 aromatic carbocycles. The van der Waals surface area contributed by atoms with Crippen LogP contribution in [0.2, 0.25) is 0 Å². The third kappa shape index (κ3) is 6.04. The van der Waals surface area contributed by atoms with E-state index in [2.05, 4.69) is 25.6 Å². The predicted octanol–water partition coefficient (Wildman–Crippen LogP) is 6.30. The van der Waals surface area contributed by atoms with Crippen LogP contribution in [0.4, 0.5) is 34.5 Å². The summed E-state index contributed by atoms with van der Waals surface area (Å²) in [4.78, 5) is 39.8. The molecule has 216 valence electrons. The van der Waals surface area contributed by atoms with Crippen molar-refractivity contribution in [3.8, 4) is 22.2 Å². The van der Waals surface area contributed by atoms with Crippen molar-refractivity contribution < 1.29 is 32.2 Å². The molecule has 4 heterocycles. The summed E-state index contributed by atoms with van der Waals surface area (Å²) in [5, 5.41) is 5.70. The van der Waals surface area contributed by atoms with Gasteiger partial charge in [-0.15, -0.1) is 0 Å². The Labute approximate surface area is 241 Å². The number of thiazole rings is 1. The number of hydrogen-bond acceptors (Lipinski definition) is 8. The number of aromatic nitrogens is 3. The fourth-order valence-electron chi connectivity index (χ4n) is 4.50. The van der Waals surface area contributed by atoms with Crippen molar-refractivity contribution in [1.29, 1.82) is 0 Å². The summed E-state index contributed by atoms with van der Waals surface area (Å²) < 4.78 is 50.6. The fourth-order valence-corrected chi connectivity index (χ4v) is 5.46. The Hall–Kier alpha value is -4.56. The van der Waals surface area contributed by atoms with Gasteiger partial charge in [0.25, 0.3) is 0 Å². The molecular formula is C28H23F3N6O4S. The second-order valence-corrected chi connectivity index (χ2v) is 10.7. The van der Waals surface area contributed by atoms with Crippen molar-refractivity contribution in [3.63, 3.8) is 0 Å². The molecule has 14 heteroatoms. The van der Waals surface area contributed by atoms with Crippen LogP contribution in [0.5, 0.6) is 11.8 Å². The van der Waals surface area contributed by atoms with E-state index in [-0.39, 0.29) is 29.2 Å². The number of carbonyl (C=O) groups excluding carboxylic acids is 2. The van der Waals surface area contributed by atoms with E-state index in [0.717, 1.165) is 29.0 Å². The molecule has 0 spiro atoms. The first-order chi connectivity index (χ1) is 20.2. The topological polar surface area (TPSA) is 119 Å². The third-order valence-electron chi connectivity index (χ3n) is 6.74. The molecule has 2 saturated heterocycles. The highest BCUT2D eigenvalue weighted by Crippen LogP contribution is 2.37. The number of nitrogens with zero attached hydrogens (tertiary/aromatic N) is 4. The highest BCUT2D eigenvalue weighted by molar-refractivity contribution is 7.19. The zero-order valence-corrected chi connectivity index (χ0v) is 22.7. The monoisotopic (exact) mass is 596 g/mol. The quantitative estimate of drug-likeness (QED) is 0.257. The molecule has 2 fully saturated rings. The number of rotatable bonds is 7. The van der Waals surface area contributed by atoms with E-state index in [1.807, 2.05) is 12.1 Å². The number of urea groups is 1. The van der Waals surface area contributed by atoms with Crippen molar-refractivity contribution in [2.45, 2.75) is 24.9 Å². The summed E-state index contributed by atoms with van der Waals surface area (Å²) in [6, 6.07) is 9.76. The third-order valence-corrected chi connectivity index (χ3v) is 7.81. The van der Waals surface area contributed by atoms with E-state index in [1.165, 1.54) is 29.8 Å². The second-order valence-electron chi connectivity index (χ2n) is 9.65. The van der Waals surface area contributed by atoms with Crippen molar-refractivity contribution in [1.82, 2.24) is 15.0 Å². The number of carbonyl (C=O) groups is 2. The molecule has 0 aliphatic carbocycles. The van der Waals surface area contributed by atoms with Crippen LogP contribution in [-0.4, -0.2) is 46.6 Å². The summed E-state index contributed by atoms with van der Waals surface area (Å²) in [5.74, 6) is 0.469. The first-order valence-electron chi connectivity index (χ1n) is 13.0. The van der Waals surface area contributed by atoms with Crippen molar-refractivity contribution >= 4 is 39.8 Å². The normalized spacial score (nSPS) is 15.4. The molecular weight excluding hydrogens is 573 g/mol. The zero-order valence-electron chi connectivity index (χ0n) is 21.9. The second kappa shape index (κ2) is 11.4. The van der Waals surface area contributed by atoms with Crippen LogP contribution in [0, 0.1) is 0 Å². The maximum atomic E-state index is 13.2. The number of nitrogens with one attached hydrogen (secondary N) is 2. The molecule has 0 bridgehead atoms. The summed E-state index contributed by atoms with van der Waals surface area (Å²) in [7, 11) is 0. The number of anilines is 3. The zero-order chi connectivity index (χ0) is 29.3. The van der Waals surface area contributed by atoms with Crippen LogP contribution in [0.15, 0.2) is 61.1 Å². The van der Waals surface area contributed by atoms with E-state index in [4.69, 9.17) is 9.47 Å². The molecule has 0 atom stereocenters. The molecule has 42 heavy (non-hydrogen) atoms. The highest BCUT2D eigenvalue weighted by atomic mass is 32.1. The largest absolute Gasteiger partial charge is 0.424 e. The number of hydrogen-bond donors (Lipinski definition) is 2. The Bertz CT molecular complexity index is 1610. The highest BCUT2D eigenvalue weighted by Gasteiger charge is 2.33. The number of ether oxygens (including phenoxy) is 2. The van der Waals surface area contributed by atoms with Crippen LogP contribution in [-0.2, 0) is 15.7 Å². The molecule has 2 aliphatic rings. The van der Waals surface area contributed by atoms with Gasteiger partial charge in [-0.25, -0.2) is 19.7 Å². The minimum absolute atomic E-state index is 0.0338. The first kappa shape index (κ1) is 27.6. The van der Waals surface area contributed by atoms with Gasteiger partial charge in [-0.05, 0) is 53.9 Å². The summed E-state index contributed by atoms with van der Waals surface area (Å²) in [6.07, 6.45) is 1.21. The maximum absolute atomic E-state index is 13.2. The van der Waals surface area contributed by atoms with Gasteiger partial charge < -0.3 is 20.1 Å². The van der Waals surface area contributed by atoms with Gasteiger partial charge >= 0.3 is 18.2 Å². The lowest BCUT2D eigenvalue weighted by atomic mass is 9.94. The molecule has 0 radical (unpaired) electrons. The van der Waals surface area contributed by atoms with Gasteiger partial charge in [0, 0.05) is 30.8 Å². The molecule has 2 aliphatic heterocycles. The standard InChI is InChI=1S/C28H23F3N6O4S/c29-28(30,31)18-5-8-21(17-14-40-15-17)22(10-18)36-25(39)35-19-11-32-26(33-12-19)41-20-6-3-16(4-7-20)23-13-34-27(42-23)37-9-1-2-24(37)38/h3-8,10-13,17H,1-2,9,14-15H2,(H2,35,36,39). The Morgan fingerprint density at radius 1 is 1.02 bits per heavy atom. The summed E-state index contributed by atoms with van der Waals surface area (Å²) in [5.41, 5.74) is 0.883. The minimum Gasteiger partial charge on any atom is -0.424 e. The van der Waals surface area contributed by atoms with Gasteiger partial charge in [0.2, 0.25) is 5.91 Å². The van der Waals surface area contributed by atoms with Gasteiger partial charge in [0.1, 0.15) is 5.75 Å². The Kier molecular flexibility index (Phi) is 7.47. The van der Waals surface area contributed by atoms with Crippen LogP contribution < -0.4 is 20.3 Å². The lowest BCUT2D eigenvalue weighted by molar-refractivity contribution is -0.137. The van der Waals surface area contributed by atoms with E-state index >= 15 is 0 Å². The predicted molar refractivity (Wildman–Crippen MR) is 149 cm³/mol. The SMILES string of the molecule is O=C(Nc1cnc(Oc2ccc(-c3cnc(N4CCCC4=O)s3)cc2)nc1)Nc1cc(C(F)(F)F)ccc1C1COC1. The van der Waals surface area contributed by atoms with Crippen molar-refractivity contribution in [2.24, 2.45) is 0 Å². The molecule has 0 saturated carbocycles. The number of benzene rings is 2. The minimum atomic E-state index is -4.55. The Balaban J connectivity index is 1.07. The van der Waals surface area contributed by atoms with Gasteiger partial charge in [0.15, 0.2) is 5.13 Å². The number of amides is 3. The molecule has 2 aromatic heterocycles. The first-order valence-corrected chi connectivity index (χ1v) is 13.8. The molecule has 10 nitrogen and oxygen atoms in total. The average Bonchev–Trinajstić information content (AvgIpc) is 3.59. The smallest absolute Gasteiger partial charge is 0.416 e. The van der Waals surface area contributed by atoms with E-state index in [1.54, 1.807) is 23.2 Å². The van der Waals surface area contributed by atoms with Crippen LogP contribution >= 0.6 is 11.3 Å². The number of halogens is 3. The molecule has 2 N–H and O–H groups in total. The Morgan fingerprint density at radius 3 is 2.43 bits per heavy atom. The molecule has 4 aromatic rings. The van der Waals surface area contributed by atoms with Gasteiger partial charge in [0.05, 0.1) is 41.7 Å². The van der Waals surface area contributed by atoms with Gasteiger partial charge in [-0.3, -0.25) is 9.69 Å². The van der Waals surface area contributed by atoms with Gasteiger partial charge in [-0.2, -0.15) is 13.2 Å². The molecule has 0 unspecified atom stereocenters. The average molecular weight is 597 g/mol. The fraction of sp³-hybridized carbons (Fsp3) is 0.250. The van der Waals surface area contributed by atoms with E-state index < -0.39 is 17.8 Å². The summed E-state index contributed by atoms with van der Waals surface area (Å²) >= 11 is 1.44. The van der Waals surface area contributed by atoms with Gasteiger partial charge in [-0.1, -0.05) is 17.4 Å². The van der Waals surface area contributed by atoms with Crippen LogP contribution in [0.25, 0.3) is 10.4 Å². The van der Waals surface area contributed by atoms with Crippen LogP contribution in [0.1, 0.15) is 29.9 Å². The van der Waals surface area contributed by atoms with E-state index in [9.17, 15) is 22.8 Å². The summed E-state index contributed by atoms with van der Waals surface area (Å²) in [6.45, 7) is 1.42. The lowest BCUT2D eigenvalue weighted by Gasteiger charge is -2.28. The van der Waals surface area contributed by atoms with Crippen molar-refractivity contribution in [2.75, 3.05) is 35.3 Å². The maximum Gasteiger partial charge on any atom is 0.416 e. The van der Waals surface area contributed by atoms with Crippen molar-refractivity contribution in [3.05, 3.63) is 72.2 Å². The van der Waals surface area contributed by atoms with Crippen LogP contribution in [0.3, 0.4) is 0 Å². The number of alkyl halides is 3. The molecule has 3 amide bonds. The lowest BCUT2D eigenvalue weighted by Crippen LogP contribution is -2.28. The van der Waals surface area contributed by atoms with E-state index in [0.29, 0.717) is 42.6 Å². The Morgan fingerprint density at radius 2 is 1.79 bits per heavy atom. The molecule has 6 rings (SSSR count).